The van der Waals surface area contributed by atoms with Gasteiger partial charge in [-0.15, -0.1) is 0 Å². The van der Waals surface area contributed by atoms with Gasteiger partial charge in [-0.25, -0.2) is 8.78 Å². The van der Waals surface area contributed by atoms with Crippen molar-refractivity contribution in [3.8, 4) is 0 Å². The van der Waals surface area contributed by atoms with Crippen LogP contribution in [0.15, 0.2) is 0 Å². The Morgan fingerprint density at radius 3 is 0.833 bits per heavy atom. The third-order valence-electron chi connectivity index (χ3n) is 2.46. The Labute approximate surface area is 64.6 Å². The summed E-state index contributed by atoms with van der Waals surface area (Å²) >= 11 is 0. The minimum Gasteiger partial charge on any atom is -0.233 e. The Morgan fingerprint density at radius 1 is 0.583 bits per heavy atom. The molecule has 0 aliphatic heterocycles. The van der Waals surface area contributed by atoms with Crippen molar-refractivity contribution >= 4 is 0 Å². The zero-order valence-corrected chi connectivity index (χ0v) is 6.27. The number of hydrogen-bond acceptors (Lipinski definition) is 0. The van der Waals surface area contributed by atoms with E-state index in [0.29, 0.717) is 0 Å². The largest absolute Gasteiger partial charge is 0.349 e. The molecule has 0 N–H and O–H groups in total. The summed E-state index contributed by atoms with van der Waals surface area (Å²) in [5.74, 6) is -9.85. The van der Waals surface area contributed by atoms with Crippen molar-refractivity contribution < 1.29 is 26.3 Å². The van der Waals surface area contributed by atoms with Crippen LogP contribution >= 0.6 is 0 Å². The molecule has 0 saturated heterocycles. The van der Waals surface area contributed by atoms with Crippen molar-refractivity contribution in [1.29, 1.82) is 0 Å². The average molecular weight is 192 g/mol. The fraction of sp³-hybridized carbons (Fsp3) is 1.00. The van der Waals surface area contributed by atoms with Crippen LogP contribution in [0.1, 0.15) is 13.8 Å². The van der Waals surface area contributed by atoms with E-state index in [1.807, 2.05) is 0 Å². The number of rotatable bonds is 0. The Morgan fingerprint density at radius 2 is 0.750 bits per heavy atom. The van der Waals surface area contributed by atoms with Crippen LogP contribution in [-0.4, -0.2) is 23.2 Å². The molecule has 0 aromatic carbocycles. The fourth-order valence-electron chi connectivity index (χ4n) is 1.12. The molecule has 1 rings (SSSR count). The normalized spacial score (nSPS) is 50.0. The minimum atomic E-state index is -4.93. The lowest BCUT2D eigenvalue weighted by Crippen LogP contribution is -2.83. The zero-order chi connectivity index (χ0) is 10.0. The number of hydrogen-bond donors (Lipinski definition) is 0. The predicted octanol–water partition coefficient (Wildman–Crippen LogP) is 2.73. The smallest absolute Gasteiger partial charge is 0.233 e. The van der Waals surface area contributed by atoms with Gasteiger partial charge in [-0.1, -0.05) is 0 Å². The Hall–Kier alpha value is -0.420. The maximum Gasteiger partial charge on any atom is 0.349 e. The van der Waals surface area contributed by atoms with Crippen molar-refractivity contribution in [3.05, 3.63) is 0 Å². The molecular weight excluding hydrogens is 186 g/mol. The molecule has 0 spiro atoms. The first-order valence-corrected chi connectivity index (χ1v) is 3.13. The van der Waals surface area contributed by atoms with E-state index in [1.54, 1.807) is 0 Å². The third kappa shape index (κ3) is 0.557. The van der Waals surface area contributed by atoms with Gasteiger partial charge in [0, 0.05) is 0 Å². The average Bonchev–Trinajstić information content (AvgIpc) is 1.84. The highest BCUT2D eigenvalue weighted by Crippen LogP contribution is 2.67. The molecule has 0 amide bonds. The summed E-state index contributed by atoms with van der Waals surface area (Å²) < 4.78 is 74.2. The zero-order valence-electron chi connectivity index (χ0n) is 6.27. The van der Waals surface area contributed by atoms with E-state index < -0.39 is 23.2 Å². The summed E-state index contributed by atoms with van der Waals surface area (Å²) in [7, 11) is 0. The van der Waals surface area contributed by atoms with Crippen LogP contribution in [0.4, 0.5) is 26.3 Å². The molecule has 0 nitrogen and oxygen atoms in total. The van der Waals surface area contributed by atoms with Gasteiger partial charge in [-0.3, -0.25) is 0 Å². The van der Waals surface area contributed by atoms with Crippen LogP contribution in [-0.2, 0) is 0 Å². The molecule has 0 bridgehead atoms. The second-order valence-electron chi connectivity index (χ2n) is 3.15. The van der Waals surface area contributed by atoms with Gasteiger partial charge in [0.15, 0.2) is 0 Å². The van der Waals surface area contributed by atoms with E-state index in [4.69, 9.17) is 0 Å². The fourth-order valence-corrected chi connectivity index (χ4v) is 1.12. The summed E-state index contributed by atoms with van der Waals surface area (Å²) in [6, 6.07) is 0. The molecule has 72 valence electrons. The van der Waals surface area contributed by atoms with Crippen molar-refractivity contribution in [3.63, 3.8) is 0 Å². The van der Waals surface area contributed by atoms with Crippen LogP contribution < -0.4 is 0 Å². The second-order valence-corrected chi connectivity index (χ2v) is 3.15. The van der Waals surface area contributed by atoms with E-state index in [2.05, 4.69) is 0 Å². The quantitative estimate of drug-likeness (QED) is 0.517. The highest BCUT2D eigenvalue weighted by atomic mass is 19.3. The molecule has 1 fully saturated rings. The van der Waals surface area contributed by atoms with Crippen molar-refractivity contribution in [2.24, 2.45) is 0 Å². The van der Waals surface area contributed by atoms with Gasteiger partial charge in [-0.2, -0.15) is 17.6 Å². The molecular formula is C6H6F6. The monoisotopic (exact) mass is 192 g/mol. The van der Waals surface area contributed by atoms with E-state index in [1.165, 1.54) is 0 Å². The Kier molecular flexibility index (Phi) is 1.41. The number of alkyl halides is 6. The maximum absolute atomic E-state index is 12.7. The SMILES string of the molecule is C[C@@]1(F)C(F)(F)C(F)(F)[C@@]1(C)F. The highest BCUT2D eigenvalue weighted by molar-refractivity contribution is 5.28. The van der Waals surface area contributed by atoms with Gasteiger partial charge >= 0.3 is 11.8 Å². The molecule has 0 unspecified atom stereocenters. The Balaban J connectivity index is 3.16. The van der Waals surface area contributed by atoms with E-state index in [-0.39, 0.29) is 13.8 Å². The highest BCUT2D eigenvalue weighted by Gasteiger charge is 2.94. The maximum atomic E-state index is 12.7. The van der Waals surface area contributed by atoms with Crippen LogP contribution in [0.2, 0.25) is 0 Å². The van der Waals surface area contributed by atoms with E-state index in [9.17, 15) is 26.3 Å². The van der Waals surface area contributed by atoms with Crippen LogP contribution in [0, 0.1) is 0 Å². The van der Waals surface area contributed by atoms with E-state index in [0.717, 1.165) is 0 Å². The molecule has 12 heavy (non-hydrogen) atoms. The molecule has 2 atom stereocenters. The summed E-state index contributed by atoms with van der Waals surface area (Å²) in [6.45, 7) is 0.259. The second kappa shape index (κ2) is 1.75. The summed E-state index contributed by atoms with van der Waals surface area (Å²) in [4.78, 5) is 0. The summed E-state index contributed by atoms with van der Waals surface area (Å²) in [5.41, 5.74) is -7.60. The molecule has 0 aromatic heterocycles. The lowest BCUT2D eigenvalue weighted by atomic mass is 9.63. The third-order valence-corrected chi connectivity index (χ3v) is 2.46. The van der Waals surface area contributed by atoms with Gasteiger partial charge in [0.2, 0.25) is 11.3 Å². The summed E-state index contributed by atoms with van der Waals surface area (Å²) in [5, 5.41) is 0. The van der Waals surface area contributed by atoms with Crippen LogP contribution in [0.5, 0.6) is 0 Å². The minimum absolute atomic E-state index is 0.129. The van der Waals surface area contributed by atoms with Crippen molar-refractivity contribution in [2.45, 2.75) is 37.0 Å². The molecule has 1 aliphatic rings. The van der Waals surface area contributed by atoms with Crippen LogP contribution in [0.25, 0.3) is 0 Å². The Bertz CT molecular complexity index is 152. The van der Waals surface area contributed by atoms with Gasteiger partial charge in [0.25, 0.3) is 0 Å². The van der Waals surface area contributed by atoms with Gasteiger partial charge in [0.1, 0.15) is 0 Å². The molecule has 1 aliphatic carbocycles. The van der Waals surface area contributed by atoms with Gasteiger partial charge < -0.3 is 0 Å². The molecule has 0 aromatic rings. The van der Waals surface area contributed by atoms with E-state index >= 15 is 0 Å². The molecule has 6 heteroatoms. The van der Waals surface area contributed by atoms with Crippen molar-refractivity contribution in [1.82, 2.24) is 0 Å². The van der Waals surface area contributed by atoms with Crippen molar-refractivity contribution in [2.75, 3.05) is 0 Å². The van der Waals surface area contributed by atoms with Gasteiger partial charge in [-0.05, 0) is 13.8 Å². The predicted molar refractivity (Wildman–Crippen MR) is 28.9 cm³/mol. The standard InChI is InChI=1S/C6H6F6/c1-3(7)4(2,8)6(11,12)5(3,9)10/h1-2H3/t3-,4-/m0/s1. The topological polar surface area (TPSA) is 0 Å². The molecule has 1 saturated carbocycles. The summed E-state index contributed by atoms with van der Waals surface area (Å²) in [6.07, 6.45) is 0. The number of halogens is 6. The lowest BCUT2D eigenvalue weighted by molar-refractivity contribution is -0.427. The first kappa shape index (κ1) is 9.67. The van der Waals surface area contributed by atoms with Crippen LogP contribution in [0.3, 0.4) is 0 Å². The first-order chi connectivity index (χ1) is 5.00. The molecule has 0 radical (unpaired) electrons. The first-order valence-electron chi connectivity index (χ1n) is 3.13. The lowest BCUT2D eigenvalue weighted by Gasteiger charge is -2.55. The van der Waals surface area contributed by atoms with Gasteiger partial charge in [0.05, 0.1) is 0 Å². The molecule has 0 heterocycles.